The van der Waals surface area contributed by atoms with E-state index in [4.69, 9.17) is 4.74 Å². The molecule has 1 aliphatic rings. The number of hydrogen-bond acceptors (Lipinski definition) is 5. The SMILES string of the molecule is CS(=O)(=O)Nc1ccc([N+](=O)[O-])cc1OC1CC1. The van der Waals surface area contributed by atoms with Gasteiger partial charge in [0.05, 0.1) is 29.0 Å². The summed E-state index contributed by atoms with van der Waals surface area (Å²) in [5.74, 6) is 0.192. The van der Waals surface area contributed by atoms with Crippen LogP contribution in [0.5, 0.6) is 5.75 Å². The van der Waals surface area contributed by atoms with Crippen LogP contribution in [0.25, 0.3) is 0 Å². The number of nitrogens with one attached hydrogen (secondary N) is 1. The number of sulfonamides is 1. The zero-order valence-electron chi connectivity index (χ0n) is 9.62. The average molecular weight is 272 g/mol. The predicted octanol–water partition coefficient (Wildman–Crippen LogP) is 1.51. The van der Waals surface area contributed by atoms with Crippen molar-refractivity contribution in [2.24, 2.45) is 0 Å². The molecule has 1 aromatic rings. The molecule has 1 aromatic carbocycles. The maximum absolute atomic E-state index is 11.2. The lowest BCUT2D eigenvalue weighted by Crippen LogP contribution is -2.11. The molecule has 7 nitrogen and oxygen atoms in total. The number of rotatable bonds is 5. The van der Waals surface area contributed by atoms with E-state index in [0.717, 1.165) is 19.1 Å². The van der Waals surface area contributed by atoms with Gasteiger partial charge in [0.2, 0.25) is 10.0 Å². The second-order valence-electron chi connectivity index (χ2n) is 4.13. The Balaban J connectivity index is 2.34. The van der Waals surface area contributed by atoms with E-state index >= 15 is 0 Å². The minimum absolute atomic E-state index is 0.0205. The molecule has 0 unspecified atom stereocenters. The van der Waals surface area contributed by atoms with Crippen LogP contribution in [0.2, 0.25) is 0 Å². The number of anilines is 1. The molecule has 1 fully saturated rings. The van der Waals surface area contributed by atoms with Gasteiger partial charge in [0.25, 0.3) is 5.69 Å². The Morgan fingerprint density at radius 3 is 2.61 bits per heavy atom. The van der Waals surface area contributed by atoms with Crippen molar-refractivity contribution in [2.75, 3.05) is 11.0 Å². The van der Waals surface area contributed by atoms with Crippen LogP contribution in [0.15, 0.2) is 18.2 Å². The monoisotopic (exact) mass is 272 g/mol. The quantitative estimate of drug-likeness (QED) is 0.647. The summed E-state index contributed by atoms with van der Waals surface area (Å²) >= 11 is 0. The van der Waals surface area contributed by atoms with Crippen LogP contribution in [-0.2, 0) is 10.0 Å². The molecule has 0 amide bonds. The maximum Gasteiger partial charge on any atom is 0.273 e. The molecule has 18 heavy (non-hydrogen) atoms. The fourth-order valence-electron chi connectivity index (χ4n) is 1.37. The molecule has 0 radical (unpaired) electrons. The number of ether oxygens (including phenoxy) is 1. The van der Waals surface area contributed by atoms with Crippen molar-refractivity contribution < 1.29 is 18.1 Å². The highest BCUT2D eigenvalue weighted by atomic mass is 32.2. The Labute approximate surface area is 104 Å². The lowest BCUT2D eigenvalue weighted by Gasteiger charge is -2.11. The minimum atomic E-state index is -3.45. The van der Waals surface area contributed by atoms with Gasteiger partial charge in [-0.05, 0) is 18.9 Å². The smallest absolute Gasteiger partial charge is 0.273 e. The van der Waals surface area contributed by atoms with E-state index in [1.807, 2.05) is 0 Å². The molecule has 1 N–H and O–H groups in total. The van der Waals surface area contributed by atoms with Crippen LogP contribution in [0.4, 0.5) is 11.4 Å². The predicted molar refractivity (Wildman–Crippen MR) is 65.2 cm³/mol. The van der Waals surface area contributed by atoms with Crippen LogP contribution in [0.1, 0.15) is 12.8 Å². The molecule has 2 rings (SSSR count). The van der Waals surface area contributed by atoms with Crippen molar-refractivity contribution in [2.45, 2.75) is 18.9 Å². The van der Waals surface area contributed by atoms with Crippen LogP contribution in [0, 0.1) is 10.1 Å². The first kappa shape index (κ1) is 12.6. The summed E-state index contributed by atoms with van der Waals surface area (Å²) in [5.41, 5.74) is 0.0831. The Morgan fingerprint density at radius 2 is 2.11 bits per heavy atom. The number of hydrogen-bond donors (Lipinski definition) is 1. The van der Waals surface area contributed by atoms with Gasteiger partial charge in [-0.15, -0.1) is 0 Å². The molecule has 1 saturated carbocycles. The fourth-order valence-corrected chi connectivity index (χ4v) is 1.94. The summed E-state index contributed by atoms with van der Waals surface area (Å²) in [6.45, 7) is 0. The van der Waals surface area contributed by atoms with Crippen LogP contribution in [-0.4, -0.2) is 25.7 Å². The molecule has 8 heteroatoms. The van der Waals surface area contributed by atoms with Gasteiger partial charge >= 0.3 is 0 Å². The Morgan fingerprint density at radius 1 is 1.44 bits per heavy atom. The highest BCUT2D eigenvalue weighted by Gasteiger charge is 2.26. The molecule has 0 aliphatic heterocycles. The van der Waals surface area contributed by atoms with Gasteiger partial charge in [-0.2, -0.15) is 0 Å². The molecule has 0 saturated heterocycles. The topological polar surface area (TPSA) is 98.5 Å². The Bertz CT molecular complexity index is 580. The van der Waals surface area contributed by atoms with Crippen molar-refractivity contribution in [1.82, 2.24) is 0 Å². The van der Waals surface area contributed by atoms with Crippen LogP contribution < -0.4 is 9.46 Å². The summed E-state index contributed by atoms with van der Waals surface area (Å²) in [4.78, 5) is 10.1. The molecule has 0 aromatic heterocycles. The van der Waals surface area contributed by atoms with Crippen molar-refractivity contribution >= 4 is 21.4 Å². The van der Waals surface area contributed by atoms with Gasteiger partial charge in [-0.3, -0.25) is 14.8 Å². The Hall–Kier alpha value is -1.83. The largest absolute Gasteiger partial charge is 0.488 e. The molecular formula is C10H12N2O5S. The molecule has 98 valence electrons. The van der Waals surface area contributed by atoms with Crippen molar-refractivity contribution in [3.05, 3.63) is 28.3 Å². The van der Waals surface area contributed by atoms with E-state index in [1.54, 1.807) is 0 Å². The normalized spacial score (nSPS) is 15.2. The fraction of sp³-hybridized carbons (Fsp3) is 0.400. The number of benzene rings is 1. The molecule has 0 atom stereocenters. The van der Waals surface area contributed by atoms with Gasteiger partial charge < -0.3 is 4.74 Å². The first-order chi connectivity index (χ1) is 8.35. The summed E-state index contributed by atoms with van der Waals surface area (Å²) in [6.07, 6.45) is 2.78. The number of nitro groups is 1. The van der Waals surface area contributed by atoms with Gasteiger partial charge in [0.1, 0.15) is 0 Å². The standard InChI is InChI=1S/C10H12N2O5S/c1-18(15,16)11-9-5-2-7(12(13)14)6-10(9)17-8-3-4-8/h2,5-6,8,11H,3-4H2,1H3. The maximum atomic E-state index is 11.2. The third-order valence-electron chi connectivity index (χ3n) is 2.29. The highest BCUT2D eigenvalue weighted by Crippen LogP contribution is 2.35. The van der Waals surface area contributed by atoms with Gasteiger partial charge in [0, 0.05) is 6.07 Å². The van der Waals surface area contributed by atoms with Gasteiger partial charge in [-0.1, -0.05) is 0 Å². The molecule has 0 heterocycles. The average Bonchev–Trinajstić information content (AvgIpc) is 3.02. The van der Waals surface area contributed by atoms with E-state index < -0.39 is 14.9 Å². The number of nitrogens with zero attached hydrogens (tertiary/aromatic N) is 1. The molecule has 0 bridgehead atoms. The van der Waals surface area contributed by atoms with Crippen molar-refractivity contribution in [1.29, 1.82) is 0 Å². The molecular weight excluding hydrogens is 260 g/mol. The third-order valence-corrected chi connectivity index (χ3v) is 2.88. The zero-order chi connectivity index (χ0) is 13.3. The van der Waals surface area contributed by atoms with Crippen molar-refractivity contribution in [3.8, 4) is 5.75 Å². The zero-order valence-corrected chi connectivity index (χ0v) is 10.4. The number of nitro benzene ring substituents is 1. The summed E-state index contributed by atoms with van der Waals surface area (Å²) in [5, 5.41) is 10.7. The molecule has 0 spiro atoms. The van der Waals surface area contributed by atoms with Crippen molar-refractivity contribution in [3.63, 3.8) is 0 Å². The summed E-state index contributed by atoms with van der Waals surface area (Å²) in [7, 11) is -3.45. The summed E-state index contributed by atoms with van der Waals surface area (Å²) in [6, 6.07) is 3.79. The second kappa shape index (κ2) is 4.45. The van der Waals surface area contributed by atoms with Crippen LogP contribution >= 0.6 is 0 Å². The Kier molecular flexibility index (Phi) is 3.12. The van der Waals surface area contributed by atoms with Gasteiger partial charge in [0.15, 0.2) is 5.75 Å². The van der Waals surface area contributed by atoms with E-state index in [2.05, 4.69) is 4.72 Å². The van der Waals surface area contributed by atoms with E-state index in [1.165, 1.54) is 18.2 Å². The number of non-ortho nitro benzene ring substituents is 1. The van der Waals surface area contributed by atoms with E-state index in [9.17, 15) is 18.5 Å². The third kappa shape index (κ3) is 3.33. The highest BCUT2D eigenvalue weighted by molar-refractivity contribution is 7.92. The van der Waals surface area contributed by atoms with E-state index in [-0.39, 0.29) is 23.2 Å². The second-order valence-corrected chi connectivity index (χ2v) is 5.88. The minimum Gasteiger partial charge on any atom is -0.488 e. The lowest BCUT2D eigenvalue weighted by atomic mass is 10.2. The summed E-state index contributed by atoms with van der Waals surface area (Å²) < 4.78 is 30.1. The van der Waals surface area contributed by atoms with Gasteiger partial charge in [-0.25, -0.2) is 8.42 Å². The lowest BCUT2D eigenvalue weighted by molar-refractivity contribution is -0.384. The molecule has 1 aliphatic carbocycles. The van der Waals surface area contributed by atoms with Crippen LogP contribution in [0.3, 0.4) is 0 Å². The van der Waals surface area contributed by atoms with E-state index in [0.29, 0.717) is 0 Å². The first-order valence-corrected chi connectivity index (χ1v) is 7.17. The first-order valence-electron chi connectivity index (χ1n) is 5.28.